The summed E-state index contributed by atoms with van der Waals surface area (Å²) in [5.41, 5.74) is 0.938. The molecule has 0 spiro atoms. The number of benzene rings is 1. The van der Waals surface area contributed by atoms with Crippen LogP contribution in [0, 0.1) is 0 Å². The Bertz CT molecular complexity index is 529. The van der Waals surface area contributed by atoms with E-state index in [2.05, 4.69) is 4.98 Å². The average molecular weight is 267 g/mol. The van der Waals surface area contributed by atoms with E-state index >= 15 is 0 Å². The number of thioether (sulfide) groups is 1. The highest BCUT2D eigenvalue weighted by Gasteiger charge is 2.33. The van der Waals surface area contributed by atoms with Crippen LogP contribution in [0.15, 0.2) is 41.8 Å². The molecule has 17 heavy (non-hydrogen) atoms. The van der Waals surface area contributed by atoms with Gasteiger partial charge in [-0.25, -0.2) is 4.98 Å². The molecule has 0 aliphatic carbocycles. The van der Waals surface area contributed by atoms with E-state index in [1.54, 1.807) is 24.3 Å². The van der Waals surface area contributed by atoms with Crippen LogP contribution in [-0.4, -0.2) is 19.9 Å². The van der Waals surface area contributed by atoms with Gasteiger partial charge in [-0.2, -0.15) is 0 Å². The topological polar surface area (TPSA) is 38.0 Å². The highest BCUT2D eigenvalue weighted by molar-refractivity contribution is 8.00. The van der Waals surface area contributed by atoms with Crippen LogP contribution in [-0.2, 0) is 6.54 Å². The number of aromatic nitrogens is 2. The Morgan fingerprint density at radius 3 is 3.06 bits per heavy atom. The largest absolute Gasteiger partial charge is 0.387 e. The Morgan fingerprint density at radius 1 is 1.47 bits per heavy atom. The third-order valence-corrected chi connectivity index (χ3v) is 4.72. The molecule has 3 rings (SSSR count). The van der Waals surface area contributed by atoms with E-state index in [1.165, 1.54) is 0 Å². The first-order valence-corrected chi connectivity index (χ1v) is 6.60. The van der Waals surface area contributed by atoms with Gasteiger partial charge in [0.1, 0.15) is 0 Å². The van der Waals surface area contributed by atoms with Crippen LogP contribution >= 0.6 is 23.4 Å². The maximum absolute atomic E-state index is 10.3. The first kappa shape index (κ1) is 11.1. The average Bonchev–Trinajstić information content (AvgIpc) is 2.92. The van der Waals surface area contributed by atoms with Crippen molar-refractivity contribution in [3.63, 3.8) is 0 Å². The zero-order valence-corrected chi connectivity index (χ0v) is 10.5. The van der Waals surface area contributed by atoms with Gasteiger partial charge in [0.15, 0.2) is 0 Å². The van der Waals surface area contributed by atoms with Gasteiger partial charge in [0, 0.05) is 23.8 Å². The Balaban J connectivity index is 1.86. The summed E-state index contributed by atoms with van der Waals surface area (Å²) in [5, 5.41) is 11.1. The number of aliphatic hydroxyl groups is 1. The molecule has 0 unspecified atom stereocenters. The minimum absolute atomic E-state index is 0.0964. The maximum Gasteiger partial charge on any atom is 0.0946 e. The number of aliphatic hydroxyl groups excluding tert-OH is 1. The fraction of sp³-hybridized carbons (Fsp3) is 0.250. The summed E-state index contributed by atoms with van der Waals surface area (Å²) in [6.07, 6.45) is 4.94. The van der Waals surface area contributed by atoms with Crippen LogP contribution in [0.4, 0.5) is 0 Å². The van der Waals surface area contributed by atoms with Gasteiger partial charge in [-0.3, -0.25) is 0 Å². The van der Waals surface area contributed by atoms with Crippen molar-refractivity contribution in [3.8, 4) is 0 Å². The number of rotatable bonds is 2. The lowest BCUT2D eigenvalue weighted by Gasteiger charge is -2.14. The molecule has 5 heteroatoms. The van der Waals surface area contributed by atoms with Crippen molar-refractivity contribution in [1.29, 1.82) is 0 Å². The number of hydrogen-bond acceptors (Lipinski definition) is 3. The molecular formula is C12H11ClN2OS. The van der Waals surface area contributed by atoms with Gasteiger partial charge < -0.3 is 9.67 Å². The molecule has 1 aliphatic rings. The molecule has 88 valence electrons. The molecule has 0 fully saturated rings. The number of nitrogens with zero attached hydrogens (tertiary/aromatic N) is 2. The molecule has 3 nitrogen and oxygen atoms in total. The van der Waals surface area contributed by atoms with E-state index in [0.29, 0.717) is 0 Å². The summed E-state index contributed by atoms with van der Waals surface area (Å²) in [6.45, 7) is 0.733. The van der Waals surface area contributed by atoms with E-state index in [0.717, 1.165) is 22.0 Å². The molecule has 0 amide bonds. The summed E-state index contributed by atoms with van der Waals surface area (Å²) in [6, 6.07) is 5.68. The highest BCUT2D eigenvalue weighted by atomic mass is 35.5. The second-order valence-electron chi connectivity index (χ2n) is 4.02. The van der Waals surface area contributed by atoms with E-state index in [1.807, 2.05) is 29.0 Å². The molecule has 0 saturated carbocycles. The Hall–Kier alpha value is -0.970. The van der Waals surface area contributed by atoms with E-state index < -0.39 is 6.10 Å². The number of imidazole rings is 1. The van der Waals surface area contributed by atoms with E-state index in [-0.39, 0.29) is 5.25 Å². The lowest BCUT2D eigenvalue weighted by atomic mass is 10.1. The van der Waals surface area contributed by atoms with Gasteiger partial charge in [0.2, 0.25) is 0 Å². The molecule has 1 aliphatic heterocycles. The molecule has 1 aromatic carbocycles. The normalized spacial score (nSPS) is 22.7. The van der Waals surface area contributed by atoms with Crippen molar-refractivity contribution in [2.24, 2.45) is 0 Å². The zero-order chi connectivity index (χ0) is 11.8. The van der Waals surface area contributed by atoms with Crippen LogP contribution in [0.3, 0.4) is 0 Å². The predicted molar refractivity (Wildman–Crippen MR) is 68.3 cm³/mol. The minimum Gasteiger partial charge on any atom is -0.387 e. The SMILES string of the molecule is O[C@@H]1c2cccc(Cl)c2S[C@@H]1Cn1ccnc1. The van der Waals surface area contributed by atoms with E-state index in [4.69, 9.17) is 11.6 Å². The fourth-order valence-electron chi connectivity index (χ4n) is 2.04. The van der Waals surface area contributed by atoms with Crippen LogP contribution < -0.4 is 0 Å². The molecule has 0 saturated heterocycles. The van der Waals surface area contributed by atoms with Gasteiger partial charge in [-0.05, 0) is 11.6 Å². The molecule has 2 heterocycles. The van der Waals surface area contributed by atoms with E-state index in [9.17, 15) is 5.11 Å². The standard InChI is InChI=1S/C12H11ClN2OS/c13-9-3-1-2-8-11(16)10(17-12(8)9)6-15-5-4-14-7-15/h1-5,7,10-11,16H,6H2/t10-,11-/m1/s1. The monoisotopic (exact) mass is 266 g/mol. The van der Waals surface area contributed by atoms with Crippen LogP contribution in [0.1, 0.15) is 11.7 Å². The number of hydrogen-bond donors (Lipinski definition) is 1. The first-order valence-electron chi connectivity index (χ1n) is 5.34. The molecule has 2 atom stereocenters. The van der Waals surface area contributed by atoms with Crippen molar-refractivity contribution in [3.05, 3.63) is 47.5 Å². The lowest BCUT2D eigenvalue weighted by molar-refractivity contribution is 0.170. The molecular weight excluding hydrogens is 256 g/mol. The Kier molecular flexibility index (Phi) is 2.86. The third-order valence-electron chi connectivity index (χ3n) is 2.89. The minimum atomic E-state index is -0.462. The van der Waals surface area contributed by atoms with Crippen molar-refractivity contribution in [2.45, 2.75) is 22.8 Å². The summed E-state index contributed by atoms with van der Waals surface area (Å²) in [4.78, 5) is 5.01. The fourth-order valence-corrected chi connectivity index (χ4v) is 3.68. The maximum atomic E-state index is 10.3. The quantitative estimate of drug-likeness (QED) is 0.908. The predicted octanol–water partition coefficient (Wildman–Crippen LogP) is 2.74. The summed E-state index contributed by atoms with van der Waals surface area (Å²) in [5.74, 6) is 0. The van der Waals surface area contributed by atoms with Crippen LogP contribution in [0.2, 0.25) is 5.02 Å². The Labute approximate surface area is 108 Å². The van der Waals surface area contributed by atoms with Crippen molar-refractivity contribution in [1.82, 2.24) is 9.55 Å². The van der Waals surface area contributed by atoms with Crippen molar-refractivity contribution < 1.29 is 5.11 Å². The second-order valence-corrected chi connectivity index (χ2v) is 5.68. The van der Waals surface area contributed by atoms with Gasteiger partial charge in [0.05, 0.1) is 22.7 Å². The summed E-state index contributed by atoms with van der Waals surface area (Å²) in [7, 11) is 0. The second kappa shape index (κ2) is 4.37. The molecule has 0 bridgehead atoms. The van der Waals surface area contributed by atoms with Crippen LogP contribution in [0.25, 0.3) is 0 Å². The summed E-state index contributed by atoms with van der Waals surface area (Å²) < 4.78 is 1.97. The molecule has 1 N–H and O–H groups in total. The Morgan fingerprint density at radius 2 is 2.35 bits per heavy atom. The van der Waals surface area contributed by atoms with Gasteiger partial charge in [-0.15, -0.1) is 11.8 Å². The van der Waals surface area contributed by atoms with Crippen molar-refractivity contribution >= 4 is 23.4 Å². The highest BCUT2D eigenvalue weighted by Crippen LogP contribution is 2.47. The number of fused-ring (bicyclic) bond motifs is 1. The van der Waals surface area contributed by atoms with Crippen molar-refractivity contribution in [2.75, 3.05) is 0 Å². The zero-order valence-electron chi connectivity index (χ0n) is 8.95. The lowest BCUT2D eigenvalue weighted by Crippen LogP contribution is -2.16. The van der Waals surface area contributed by atoms with Gasteiger partial charge in [0.25, 0.3) is 0 Å². The number of halogens is 1. The smallest absolute Gasteiger partial charge is 0.0946 e. The molecule has 2 aromatic rings. The molecule has 0 radical (unpaired) electrons. The van der Waals surface area contributed by atoms with Gasteiger partial charge in [-0.1, -0.05) is 23.7 Å². The van der Waals surface area contributed by atoms with Gasteiger partial charge >= 0.3 is 0 Å². The third kappa shape index (κ3) is 1.97. The first-order chi connectivity index (χ1) is 8.25. The van der Waals surface area contributed by atoms with Crippen LogP contribution in [0.5, 0.6) is 0 Å². The summed E-state index contributed by atoms with van der Waals surface area (Å²) >= 11 is 7.77. The molecule has 1 aromatic heterocycles.